The molecule has 8 heteroatoms. The molecule has 2 aromatic carbocycles. The van der Waals surface area contributed by atoms with Crippen LogP contribution in [0.1, 0.15) is 30.1 Å². The van der Waals surface area contributed by atoms with Gasteiger partial charge in [-0.3, -0.25) is 19.3 Å². The number of amides is 3. The number of carbonyl (C=O) groups excluding carboxylic acids is 3. The first-order valence-corrected chi connectivity index (χ1v) is 8.81. The summed E-state index contributed by atoms with van der Waals surface area (Å²) in [7, 11) is 0. The van der Waals surface area contributed by atoms with Crippen molar-refractivity contribution in [3.63, 3.8) is 0 Å². The highest BCUT2D eigenvalue weighted by Gasteiger charge is 2.53. The molecule has 0 aliphatic carbocycles. The van der Waals surface area contributed by atoms with Crippen LogP contribution >= 0.6 is 0 Å². The number of nitrogens with zero attached hydrogens (tertiary/aromatic N) is 2. The van der Waals surface area contributed by atoms with Crippen LogP contribution in [0, 0.1) is 11.6 Å². The summed E-state index contributed by atoms with van der Waals surface area (Å²) in [6, 6.07) is 9.94. The Morgan fingerprint density at radius 1 is 1.11 bits per heavy atom. The number of hydrogen-bond donors (Lipinski definition) is 1. The van der Waals surface area contributed by atoms with Gasteiger partial charge in [0.05, 0.1) is 11.3 Å². The largest absolute Gasteiger partial charge is 0.320 e. The number of rotatable bonds is 3. The number of carbonyl (C=O) groups is 3. The topological polar surface area (TPSA) is 69.7 Å². The zero-order chi connectivity index (χ0) is 20.1. The second-order valence-electron chi connectivity index (χ2n) is 7.00. The van der Waals surface area contributed by atoms with Crippen molar-refractivity contribution in [1.29, 1.82) is 0 Å². The first-order chi connectivity index (χ1) is 13.3. The van der Waals surface area contributed by atoms with E-state index in [0.29, 0.717) is 17.7 Å². The highest BCUT2D eigenvalue weighted by Crippen LogP contribution is 2.43. The Kier molecular flexibility index (Phi) is 4.14. The van der Waals surface area contributed by atoms with Crippen LogP contribution in [0.25, 0.3) is 0 Å². The molecule has 4 rings (SSSR count). The maximum Gasteiger partial charge on any atom is 0.258 e. The molecule has 0 aromatic heterocycles. The number of halogens is 2. The molecule has 2 heterocycles. The van der Waals surface area contributed by atoms with Gasteiger partial charge in [-0.1, -0.05) is 18.2 Å². The van der Waals surface area contributed by atoms with E-state index >= 15 is 0 Å². The SMILES string of the molecule is CC12CCC(=O)N1c1ccccc1C(=O)N2CC(=O)Nc1c(F)cccc1F. The third-order valence-corrected chi connectivity index (χ3v) is 5.27. The lowest BCUT2D eigenvalue weighted by atomic mass is 9.98. The van der Waals surface area contributed by atoms with Crippen molar-refractivity contribution in [1.82, 2.24) is 4.90 Å². The molecule has 0 saturated carbocycles. The first kappa shape index (κ1) is 18.1. The molecule has 0 bridgehead atoms. The van der Waals surface area contributed by atoms with E-state index in [1.54, 1.807) is 31.2 Å². The van der Waals surface area contributed by atoms with E-state index in [1.165, 1.54) is 15.9 Å². The van der Waals surface area contributed by atoms with Crippen molar-refractivity contribution >= 4 is 29.1 Å². The first-order valence-electron chi connectivity index (χ1n) is 8.81. The standard InChI is InChI=1S/C20H17F2N3O3/c1-20-10-9-17(27)25(20)15-8-3-2-5-12(15)19(28)24(20)11-16(26)23-18-13(21)6-4-7-14(18)22/h2-8H,9-11H2,1H3,(H,23,26). The van der Waals surface area contributed by atoms with Crippen LogP contribution in [0.3, 0.4) is 0 Å². The smallest absolute Gasteiger partial charge is 0.258 e. The van der Waals surface area contributed by atoms with Gasteiger partial charge >= 0.3 is 0 Å². The van der Waals surface area contributed by atoms with Gasteiger partial charge < -0.3 is 10.2 Å². The number of hydrogen-bond acceptors (Lipinski definition) is 3. The van der Waals surface area contributed by atoms with Gasteiger partial charge in [0.25, 0.3) is 5.91 Å². The van der Waals surface area contributed by atoms with Gasteiger partial charge in [0, 0.05) is 6.42 Å². The molecule has 2 aliphatic heterocycles. The van der Waals surface area contributed by atoms with Crippen molar-refractivity contribution in [3.05, 3.63) is 59.7 Å². The minimum atomic E-state index is -1.02. The average molecular weight is 385 g/mol. The summed E-state index contributed by atoms with van der Waals surface area (Å²) < 4.78 is 27.6. The number of para-hydroxylation sites is 2. The van der Waals surface area contributed by atoms with Gasteiger partial charge in [-0.2, -0.15) is 0 Å². The Hall–Kier alpha value is -3.29. The Balaban J connectivity index is 1.67. The minimum absolute atomic E-state index is 0.145. The molecular weight excluding hydrogens is 368 g/mol. The maximum atomic E-state index is 13.8. The van der Waals surface area contributed by atoms with Crippen LogP contribution in [0.2, 0.25) is 0 Å². The Morgan fingerprint density at radius 3 is 2.50 bits per heavy atom. The molecule has 2 aliphatic rings. The van der Waals surface area contributed by atoms with Gasteiger partial charge in [-0.05, 0) is 37.6 Å². The van der Waals surface area contributed by atoms with E-state index in [-0.39, 0.29) is 12.3 Å². The predicted molar refractivity (Wildman–Crippen MR) is 97.6 cm³/mol. The molecule has 28 heavy (non-hydrogen) atoms. The molecule has 2 aromatic rings. The second-order valence-corrected chi connectivity index (χ2v) is 7.00. The van der Waals surface area contributed by atoms with Gasteiger partial charge in [-0.15, -0.1) is 0 Å². The normalized spacial score (nSPS) is 20.8. The van der Waals surface area contributed by atoms with E-state index in [1.807, 2.05) is 0 Å². The van der Waals surface area contributed by atoms with E-state index in [2.05, 4.69) is 5.32 Å². The molecule has 1 saturated heterocycles. The molecule has 3 amide bonds. The van der Waals surface area contributed by atoms with Crippen molar-refractivity contribution < 1.29 is 23.2 Å². The second kappa shape index (κ2) is 6.40. The number of benzene rings is 2. The molecule has 6 nitrogen and oxygen atoms in total. The summed E-state index contributed by atoms with van der Waals surface area (Å²) in [5, 5.41) is 2.19. The van der Waals surface area contributed by atoms with Crippen LogP contribution in [0.4, 0.5) is 20.2 Å². The third kappa shape index (κ3) is 2.64. The summed E-state index contributed by atoms with van der Waals surface area (Å²) in [5.74, 6) is -3.13. The summed E-state index contributed by atoms with van der Waals surface area (Å²) >= 11 is 0. The number of anilines is 2. The van der Waals surface area contributed by atoms with Gasteiger partial charge in [0.1, 0.15) is 29.5 Å². The summed E-state index contributed by atoms with van der Waals surface area (Å²) in [5.41, 5.74) is -0.774. The quantitative estimate of drug-likeness (QED) is 0.883. The monoisotopic (exact) mass is 385 g/mol. The van der Waals surface area contributed by atoms with Gasteiger partial charge in [-0.25, -0.2) is 8.78 Å². The van der Waals surface area contributed by atoms with Crippen LogP contribution in [-0.2, 0) is 9.59 Å². The van der Waals surface area contributed by atoms with E-state index < -0.39 is 41.3 Å². The van der Waals surface area contributed by atoms with Crippen molar-refractivity contribution in [2.75, 3.05) is 16.8 Å². The molecule has 1 unspecified atom stereocenters. The molecule has 0 radical (unpaired) electrons. The summed E-state index contributed by atoms with van der Waals surface area (Å²) in [4.78, 5) is 40.9. The predicted octanol–water partition coefficient (Wildman–Crippen LogP) is 2.90. The summed E-state index contributed by atoms with van der Waals surface area (Å²) in [6.07, 6.45) is 0.589. The van der Waals surface area contributed by atoms with Crippen LogP contribution in [0.15, 0.2) is 42.5 Å². The minimum Gasteiger partial charge on any atom is -0.320 e. The highest BCUT2D eigenvalue weighted by atomic mass is 19.1. The lowest BCUT2D eigenvalue weighted by Gasteiger charge is -2.48. The van der Waals surface area contributed by atoms with Crippen molar-refractivity contribution in [2.24, 2.45) is 0 Å². The fraction of sp³-hybridized carbons (Fsp3) is 0.250. The van der Waals surface area contributed by atoms with Crippen molar-refractivity contribution in [3.8, 4) is 0 Å². The molecule has 1 fully saturated rings. The highest BCUT2D eigenvalue weighted by molar-refractivity contribution is 6.11. The van der Waals surface area contributed by atoms with Crippen molar-refractivity contribution in [2.45, 2.75) is 25.4 Å². The van der Waals surface area contributed by atoms with Crippen LogP contribution in [0.5, 0.6) is 0 Å². The third-order valence-electron chi connectivity index (χ3n) is 5.27. The number of nitrogens with one attached hydrogen (secondary N) is 1. The lowest BCUT2D eigenvalue weighted by molar-refractivity contribution is -0.120. The molecule has 144 valence electrons. The average Bonchev–Trinajstić information content (AvgIpc) is 2.98. The number of fused-ring (bicyclic) bond motifs is 3. The van der Waals surface area contributed by atoms with Gasteiger partial charge in [0.15, 0.2) is 0 Å². The maximum absolute atomic E-state index is 13.8. The molecule has 1 N–H and O–H groups in total. The Morgan fingerprint density at radius 2 is 1.79 bits per heavy atom. The Labute approximate surface area is 159 Å². The van der Waals surface area contributed by atoms with Gasteiger partial charge in [0.2, 0.25) is 11.8 Å². The fourth-order valence-electron chi connectivity index (χ4n) is 3.88. The fourth-order valence-corrected chi connectivity index (χ4v) is 3.88. The molecule has 0 spiro atoms. The molecular formula is C20H17F2N3O3. The van der Waals surface area contributed by atoms with E-state index in [9.17, 15) is 23.2 Å². The molecule has 1 atom stereocenters. The van der Waals surface area contributed by atoms with Crippen LogP contribution in [-0.4, -0.2) is 34.8 Å². The van der Waals surface area contributed by atoms with Crippen LogP contribution < -0.4 is 10.2 Å². The summed E-state index contributed by atoms with van der Waals surface area (Å²) in [6.45, 7) is 1.27. The zero-order valence-electron chi connectivity index (χ0n) is 15.0. The van der Waals surface area contributed by atoms with E-state index in [0.717, 1.165) is 12.1 Å². The lowest BCUT2D eigenvalue weighted by Crippen LogP contribution is -2.63. The zero-order valence-corrected chi connectivity index (χ0v) is 15.0. The Bertz CT molecular complexity index is 990. The van der Waals surface area contributed by atoms with E-state index in [4.69, 9.17) is 0 Å².